The summed E-state index contributed by atoms with van der Waals surface area (Å²) in [5.74, 6) is -1.14. The van der Waals surface area contributed by atoms with Gasteiger partial charge in [0.2, 0.25) is 11.8 Å². The maximum atomic E-state index is 13.9. The van der Waals surface area contributed by atoms with Gasteiger partial charge in [0.1, 0.15) is 18.4 Å². The molecule has 0 bridgehead atoms. The van der Waals surface area contributed by atoms with Crippen LogP contribution in [0.5, 0.6) is 0 Å². The minimum Gasteiger partial charge on any atom is -0.354 e. The summed E-state index contributed by atoms with van der Waals surface area (Å²) in [5, 5.41) is 2.84. The van der Waals surface area contributed by atoms with Gasteiger partial charge in [-0.1, -0.05) is 43.7 Å². The molecule has 3 aromatic rings. The number of nitrogens with one attached hydrogen (secondary N) is 1. The van der Waals surface area contributed by atoms with E-state index in [2.05, 4.69) is 5.32 Å². The van der Waals surface area contributed by atoms with E-state index in [1.807, 2.05) is 27.0 Å². The minimum atomic E-state index is -4.14. The molecule has 0 unspecified atom stereocenters. The summed E-state index contributed by atoms with van der Waals surface area (Å²) < 4.78 is 42.4. The molecular formula is C30H36FN3O4S2. The summed E-state index contributed by atoms with van der Waals surface area (Å²) in [5.41, 5.74) is 1.87. The number of thioether (sulfide) groups is 1. The first kappa shape index (κ1) is 31.2. The molecule has 7 nitrogen and oxygen atoms in total. The van der Waals surface area contributed by atoms with Gasteiger partial charge in [0.15, 0.2) is 0 Å². The molecule has 1 N–H and O–H groups in total. The molecule has 0 heterocycles. The van der Waals surface area contributed by atoms with E-state index in [-0.39, 0.29) is 23.3 Å². The molecule has 0 radical (unpaired) electrons. The molecule has 3 rings (SSSR count). The zero-order valence-electron chi connectivity index (χ0n) is 23.4. The predicted molar refractivity (Wildman–Crippen MR) is 158 cm³/mol. The van der Waals surface area contributed by atoms with Crippen molar-refractivity contribution in [2.75, 3.05) is 23.7 Å². The second kappa shape index (κ2) is 13.8. The van der Waals surface area contributed by atoms with E-state index < -0.39 is 34.3 Å². The molecule has 0 aromatic heterocycles. The second-order valence-electron chi connectivity index (χ2n) is 9.99. The molecule has 0 saturated heterocycles. The molecule has 1 atom stereocenters. The van der Waals surface area contributed by atoms with E-state index in [1.54, 1.807) is 43.3 Å². The fourth-order valence-corrected chi connectivity index (χ4v) is 5.76. The highest BCUT2D eigenvalue weighted by atomic mass is 32.2. The first-order valence-corrected chi connectivity index (χ1v) is 15.6. The largest absolute Gasteiger partial charge is 0.354 e. The Balaban J connectivity index is 2.00. The number of hydrogen-bond donors (Lipinski definition) is 1. The van der Waals surface area contributed by atoms with E-state index in [0.717, 1.165) is 14.8 Å². The van der Waals surface area contributed by atoms with Crippen molar-refractivity contribution in [3.05, 3.63) is 89.7 Å². The van der Waals surface area contributed by atoms with E-state index in [0.29, 0.717) is 17.8 Å². The van der Waals surface area contributed by atoms with Crippen molar-refractivity contribution in [3.8, 4) is 0 Å². The summed E-state index contributed by atoms with van der Waals surface area (Å²) in [6.07, 6.45) is 1.90. The lowest BCUT2D eigenvalue weighted by atomic mass is 10.1. The van der Waals surface area contributed by atoms with Gasteiger partial charge in [-0.05, 0) is 80.1 Å². The standard InChI is InChI=1S/C30H36FN3O4S2/c1-21(2)18-32-30(36)23(4)33(19-24-8-10-25(31)11-9-24)29(35)20-34(26-12-6-22(3)7-13-26)40(37,38)28-16-14-27(39-5)15-17-28/h6-17,21,23H,18-20H2,1-5H3,(H,32,36)/t23-/m0/s1. The lowest BCUT2D eigenvalue weighted by Crippen LogP contribution is -2.51. The molecule has 2 amide bonds. The molecule has 10 heteroatoms. The average molecular weight is 586 g/mol. The van der Waals surface area contributed by atoms with Crippen molar-refractivity contribution in [2.24, 2.45) is 5.92 Å². The summed E-state index contributed by atoms with van der Waals surface area (Å²) >= 11 is 1.49. The highest BCUT2D eigenvalue weighted by Gasteiger charge is 2.32. The normalized spacial score (nSPS) is 12.2. The van der Waals surface area contributed by atoms with Gasteiger partial charge in [0, 0.05) is 18.0 Å². The Morgan fingerprint density at radius 1 is 0.925 bits per heavy atom. The van der Waals surface area contributed by atoms with Crippen LogP contribution in [0.15, 0.2) is 82.6 Å². The third-order valence-electron chi connectivity index (χ3n) is 6.37. The molecule has 0 aliphatic heterocycles. The Morgan fingerprint density at radius 2 is 1.52 bits per heavy atom. The van der Waals surface area contributed by atoms with Gasteiger partial charge in [-0.15, -0.1) is 11.8 Å². The monoisotopic (exact) mass is 585 g/mol. The van der Waals surface area contributed by atoms with Gasteiger partial charge in [0.05, 0.1) is 10.6 Å². The number of hydrogen-bond acceptors (Lipinski definition) is 5. The third-order valence-corrected chi connectivity index (χ3v) is 8.90. The van der Waals surface area contributed by atoms with Crippen LogP contribution in [0.2, 0.25) is 0 Å². The first-order chi connectivity index (χ1) is 18.9. The molecule has 0 spiro atoms. The molecule has 0 fully saturated rings. The number of anilines is 1. The van der Waals surface area contributed by atoms with Crippen LogP contribution in [0.1, 0.15) is 31.9 Å². The SMILES string of the molecule is CSc1ccc(S(=O)(=O)N(CC(=O)N(Cc2ccc(F)cc2)[C@@H](C)C(=O)NCC(C)C)c2ccc(C)cc2)cc1. The van der Waals surface area contributed by atoms with Crippen LogP contribution in [0.4, 0.5) is 10.1 Å². The molecule has 214 valence electrons. The van der Waals surface area contributed by atoms with Crippen LogP contribution < -0.4 is 9.62 Å². The fourth-order valence-electron chi connectivity index (χ4n) is 3.94. The van der Waals surface area contributed by atoms with E-state index >= 15 is 0 Å². The summed E-state index contributed by atoms with van der Waals surface area (Å²) in [6, 6.07) is 18.1. The maximum absolute atomic E-state index is 13.9. The number of sulfonamides is 1. The lowest BCUT2D eigenvalue weighted by Gasteiger charge is -2.32. The number of nitrogens with zero attached hydrogens (tertiary/aromatic N) is 2. The van der Waals surface area contributed by atoms with E-state index in [9.17, 15) is 22.4 Å². The molecule has 0 aliphatic rings. The summed E-state index contributed by atoms with van der Waals surface area (Å²) in [4.78, 5) is 29.2. The number of carbonyl (C=O) groups excluding carboxylic acids is 2. The zero-order valence-corrected chi connectivity index (χ0v) is 25.1. The van der Waals surface area contributed by atoms with Gasteiger partial charge in [0.25, 0.3) is 10.0 Å². The number of amides is 2. The Kier molecular flexibility index (Phi) is 10.8. The Labute approximate surface area is 240 Å². The van der Waals surface area contributed by atoms with Crippen molar-refractivity contribution in [1.29, 1.82) is 0 Å². The zero-order chi connectivity index (χ0) is 29.4. The second-order valence-corrected chi connectivity index (χ2v) is 12.7. The van der Waals surface area contributed by atoms with Crippen LogP contribution in [0, 0.1) is 18.7 Å². The highest BCUT2D eigenvalue weighted by Crippen LogP contribution is 2.26. The third kappa shape index (κ3) is 8.08. The molecule has 3 aromatic carbocycles. The maximum Gasteiger partial charge on any atom is 0.264 e. The Hall–Kier alpha value is -3.37. The van der Waals surface area contributed by atoms with Crippen molar-refractivity contribution in [2.45, 2.75) is 50.1 Å². The topological polar surface area (TPSA) is 86.8 Å². The molecule has 40 heavy (non-hydrogen) atoms. The van der Waals surface area contributed by atoms with Gasteiger partial charge in [-0.3, -0.25) is 13.9 Å². The van der Waals surface area contributed by atoms with Crippen molar-refractivity contribution >= 4 is 39.3 Å². The van der Waals surface area contributed by atoms with E-state index in [4.69, 9.17) is 0 Å². The van der Waals surface area contributed by atoms with Crippen LogP contribution in [0.3, 0.4) is 0 Å². The van der Waals surface area contributed by atoms with Crippen LogP contribution >= 0.6 is 11.8 Å². The summed E-state index contributed by atoms with van der Waals surface area (Å²) in [6.45, 7) is 7.31. The summed E-state index contributed by atoms with van der Waals surface area (Å²) in [7, 11) is -4.14. The van der Waals surface area contributed by atoms with Crippen LogP contribution in [0.25, 0.3) is 0 Å². The van der Waals surface area contributed by atoms with Crippen molar-refractivity contribution in [3.63, 3.8) is 0 Å². The van der Waals surface area contributed by atoms with Crippen LogP contribution in [-0.4, -0.2) is 50.5 Å². The first-order valence-electron chi connectivity index (χ1n) is 13.0. The molecular weight excluding hydrogens is 549 g/mol. The van der Waals surface area contributed by atoms with E-state index in [1.165, 1.54) is 53.1 Å². The fraction of sp³-hybridized carbons (Fsp3) is 0.333. The van der Waals surface area contributed by atoms with Gasteiger partial charge in [-0.25, -0.2) is 12.8 Å². The lowest BCUT2D eigenvalue weighted by molar-refractivity contribution is -0.139. The van der Waals surface area contributed by atoms with Gasteiger partial charge in [-0.2, -0.15) is 0 Å². The molecule has 0 saturated carbocycles. The number of benzene rings is 3. The van der Waals surface area contributed by atoms with Gasteiger partial charge < -0.3 is 10.2 Å². The number of halogens is 1. The Morgan fingerprint density at radius 3 is 2.08 bits per heavy atom. The molecule has 0 aliphatic carbocycles. The number of carbonyl (C=O) groups is 2. The Bertz CT molecular complexity index is 1390. The van der Waals surface area contributed by atoms with Crippen LogP contribution in [-0.2, 0) is 26.2 Å². The van der Waals surface area contributed by atoms with Crippen molar-refractivity contribution < 1.29 is 22.4 Å². The quantitative estimate of drug-likeness (QED) is 0.294. The van der Waals surface area contributed by atoms with Crippen molar-refractivity contribution in [1.82, 2.24) is 10.2 Å². The predicted octanol–water partition coefficient (Wildman–Crippen LogP) is 5.24. The van der Waals surface area contributed by atoms with Gasteiger partial charge >= 0.3 is 0 Å². The number of rotatable bonds is 12. The number of aryl methyl sites for hydroxylation is 1. The average Bonchev–Trinajstić information content (AvgIpc) is 2.94. The highest BCUT2D eigenvalue weighted by molar-refractivity contribution is 7.98. The smallest absolute Gasteiger partial charge is 0.264 e. The minimum absolute atomic E-state index is 0.000413.